The van der Waals surface area contributed by atoms with Crippen LogP contribution in [0.15, 0.2) is 11.0 Å². The van der Waals surface area contributed by atoms with Crippen molar-refractivity contribution in [2.75, 3.05) is 11.9 Å². The minimum atomic E-state index is -4.37. The molecule has 1 heterocycles. The number of hydrogen-bond acceptors (Lipinski definition) is 3. The molecular formula is C9H11ClF3N3O. The maximum atomic E-state index is 12.0. The van der Waals surface area contributed by atoms with Gasteiger partial charge >= 0.3 is 6.18 Å². The monoisotopic (exact) mass is 269 g/mol. The van der Waals surface area contributed by atoms with Gasteiger partial charge in [-0.25, -0.2) is 4.68 Å². The highest BCUT2D eigenvalue weighted by molar-refractivity contribution is 6.32. The maximum Gasteiger partial charge on any atom is 0.405 e. The van der Waals surface area contributed by atoms with Crippen LogP contribution in [0.3, 0.4) is 0 Å². The van der Waals surface area contributed by atoms with Gasteiger partial charge in [0.25, 0.3) is 5.56 Å². The van der Waals surface area contributed by atoms with Crippen LogP contribution in [0.25, 0.3) is 0 Å². The second-order valence-corrected chi connectivity index (χ2v) is 3.75. The van der Waals surface area contributed by atoms with Crippen LogP contribution < -0.4 is 10.9 Å². The fourth-order valence-electron chi connectivity index (χ4n) is 1.15. The zero-order chi connectivity index (χ0) is 13.1. The number of nitrogens with one attached hydrogen (secondary N) is 1. The second kappa shape index (κ2) is 5.39. The van der Waals surface area contributed by atoms with E-state index in [1.165, 1.54) is 0 Å². The Bertz CT molecular complexity index is 444. The first-order valence-electron chi connectivity index (χ1n) is 4.91. The van der Waals surface area contributed by atoms with Crippen LogP contribution in [-0.4, -0.2) is 22.5 Å². The van der Waals surface area contributed by atoms with Gasteiger partial charge in [-0.1, -0.05) is 18.5 Å². The van der Waals surface area contributed by atoms with Gasteiger partial charge in [0.15, 0.2) is 0 Å². The molecule has 0 unspecified atom stereocenters. The Morgan fingerprint density at radius 3 is 2.71 bits per heavy atom. The molecule has 0 bridgehead atoms. The van der Waals surface area contributed by atoms with E-state index in [0.717, 1.165) is 10.9 Å². The summed E-state index contributed by atoms with van der Waals surface area (Å²) in [6.45, 7) is 0.960. The molecule has 0 fully saturated rings. The zero-order valence-electron chi connectivity index (χ0n) is 9.01. The van der Waals surface area contributed by atoms with Crippen molar-refractivity contribution in [1.82, 2.24) is 9.78 Å². The first-order chi connectivity index (χ1) is 7.85. The number of aromatic nitrogens is 2. The highest BCUT2D eigenvalue weighted by atomic mass is 35.5. The second-order valence-electron chi connectivity index (χ2n) is 3.37. The molecule has 0 spiro atoms. The molecule has 0 aromatic carbocycles. The number of halogens is 4. The predicted octanol–water partition coefficient (Wildman–Crippen LogP) is 2.28. The molecule has 0 saturated carbocycles. The SMILES string of the molecule is CCCn1ncc(NCC(F)(F)F)c(Cl)c1=O. The van der Waals surface area contributed by atoms with E-state index in [2.05, 4.69) is 5.10 Å². The fourth-order valence-corrected chi connectivity index (χ4v) is 1.37. The lowest BCUT2D eigenvalue weighted by Crippen LogP contribution is -2.26. The van der Waals surface area contributed by atoms with Gasteiger partial charge in [-0.05, 0) is 6.42 Å². The molecule has 0 radical (unpaired) electrons. The maximum absolute atomic E-state index is 12.0. The number of nitrogens with zero attached hydrogens (tertiary/aromatic N) is 2. The molecule has 0 aliphatic carbocycles. The highest BCUT2D eigenvalue weighted by Gasteiger charge is 2.27. The van der Waals surface area contributed by atoms with Crippen LogP contribution in [0.1, 0.15) is 13.3 Å². The molecule has 1 aromatic heterocycles. The lowest BCUT2D eigenvalue weighted by molar-refractivity contribution is -0.115. The molecule has 0 aliphatic rings. The van der Waals surface area contributed by atoms with E-state index in [1.807, 2.05) is 12.2 Å². The van der Waals surface area contributed by atoms with Crippen molar-refractivity contribution in [2.45, 2.75) is 26.1 Å². The number of alkyl halides is 3. The Balaban J connectivity index is 2.89. The fraction of sp³-hybridized carbons (Fsp3) is 0.556. The molecule has 96 valence electrons. The van der Waals surface area contributed by atoms with E-state index in [9.17, 15) is 18.0 Å². The van der Waals surface area contributed by atoms with E-state index < -0.39 is 18.3 Å². The summed E-state index contributed by atoms with van der Waals surface area (Å²) in [5, 5.41) is 5.47. The normalized spacial score (nSPS) is 11.6. The summed E-state index contributed by atoms with van der Waals surface area (Å²) < 4.78 is 37.0. The standard InChI is InChI=1S/C9H11ClF3N3O/c1-2-3-16-8(17)7(10)6(4-15-16)14-5-9(11,12)13/h4,14H,2-3,5H2,1H3. The molecule has 0 aliphatic heterocycles. The Hall–Kier alpha value is -1.24. The molecule has 1 N–H and O–H groups in total. The van der Waals surface area contributed by atoms with Crippen molar-refractivity contribution in [3.63, 3.8) is 0 Å². The molecule has 0 amide bonds. The van der Waals surface area contributed by atoms with Crippen LogP contribution >= 0.6 is 11.6 Å². The molecule has 0 saturated heterocycles. The summed E-state index contributed by atoms with van der Waals surface area (Å²) in [6, 6.07) is 0. The van der Waals surface area contributed by atoms with Gasteiger partial charge in [-0.3, -0.25) is 4.79 Å². The number of hydrogen-bond donors (Lipinski definition) is 1. The van der Waals surface area contributed by atoms with Gasteiger partial charge in [0, 0.05) is 6.54 Å². The van der Waals surface area contributed by atoms with Crippen molar-refractivity contribution in [2.24, 2.45) is 0 Å². The Kier molecular flexibility index (Phi) is 4.39. The van der Waals surface area contributed by atoms with Gasteiger partial charge in [0.05, 0.1) is 11.9 Å². The third kappa shape index (κ3) is 3.92. The van der Waals surface area contributed by atoms with Crippen molar-refractivity contribution >= 4 is 17.3 Å². The highest BCUT2D eigenvalue weighted by Crippen LogP contribution is 2.19. The number of aryl methyl sites for hydroxylation is 1. The van der Waals surface area contributed by atoms with Gasteiger partial charge in [-0.15, -0.1) is 0 Å². The van der Waals surface area contributed by atoms with Crippen molar-refractivity contribution in [3.05, 3.63) is 21.6 Å². The molecule has 8 heteroatoms. The summed E-state index contributed by atoms with van der Waals surface area (Å²) >= 11 is 5.66. The molecule has 0 atom stereocenters. The van der Waals surface area contributed by atoms with Gasteiger partial charge < -0.3 is 5.32 Å². The average molecular weight is 270 g/mol. The first-order valence-corrected chi connectivity index (χ1v) is 5.29. The zero-order valence-corrected chi connectivity index (χ0v) is 9.77. The van der Waals surface area contributed by atoms with E-state index in [1.54, 1.807) is 0 Å². The lowest BCUT2D eigenvalue weighted by Gasteiger charge is -2.11. The van der Waals surface area contributed by atoms with E-state index >= 15 is 0 Å². The van der Waals surface area contributed by atoms with Gasteiger partial charge in [0.2, 0.25) is 0 Å². The summed E-state index contributed by atoms with van der Waals surface area (Å²) in [4.78, 5) is 11.6. The first kappa shape index (κ1) is 13.8. The van der Waals surface area contributed by atoms with Crippen LogP contribution in [0.5, 0.6) is 0 Å². The molecule has 1 aromatic rings. The molecule has 1 rings (SSSR count). The third-order valence-corrected chi connectivity index (χ3v) is 2.26. The summed E-state index contributed by atoms with van der Waals surface area (Å²) in [7, 11) is 0. The van der Waals surface area contributed by atoms with Crippen LogP contribution in [0.2, 0.25) is 5.02 Å². The topological polar surface area (TPSA) is 46.9 Å². The van der Waals surface area contributed by atoms with Crippen LogP contribution in [0.4, 0.5) is 18.9 Å². The van der Waals surface area contributed by atoms with Gasteiger partial charge in [-0.2, -0.15) is 18.3 Å². The summed E-state index contributed by atoms with van der Waals surface area (Å²) in [5.41, 5.74) is -0.706. The Morgan fingerprint density at radius 1 is 1.53 bits per heavy atom. The Labute approximate surface area is 100 Å². The molecular weight excluding hydrogens is 259 g/mol. The summed E-state index contributed by atoms with van der Waals surface area (Å²) in [6.07, 6.45) is -2.58. The summed E-state index contributed by atoms with van der Waals surface area (Å²) in [5.74, 6) is 0. The van der Waals surface area contributed by atoms with Crippen LogP contribution in [0, 0.1) is 0 Å². The smallest absolute Gasteiger partial charge is 0.374 e. The molecule has 4 nitrogen and oxygen atoms in total. The van der Waals surface area contributed by atoms with Crippen LogP contribution in [-0.2, 0) is 6.54 Å². The number of anilines is 1. The largest absolute Gasteiger partial charge is 0.405 e. The predicted molar refractivity (Wildman–Crippen MR) is 58.3 cm³/mol. The third-order valence-electron chi connectivity index (χ3n) is 1.90. The van der Waals surface area contributed by atoms with E-state index in [-0.39, 0.29) is 10.7 Å². The van der Waals surface area contributed by atoms with Gasteiger partial charge in [0.1, 0.15) is 11.6 Å². The minimum Gasteiger partial charge on any atom is -0.374 e. The van der Waals surface area contributed by atoms with Crippen molar-refractivity contribution in [1.29, 1.82) is 0 Å². The molecule has 17 heavy (non-hydrogen) atoms. The van der Waals surface area contributed by atoms with Crippen molar-refractivity contribution < 1.29 is 13.2 Å². The Morgan fingerprint density at radius 2 is 2.18 bits per heavy atom. The quantitative estimate of drug-likeness (QED) is 0.912. The lowest BCUT2D eigenvalue weighted by atomic mass is 10.4. The number of rotatable bonds is 4. The minimum absolute atomic E-state index is 0.110. The van der Waals surface area contributed by atoms with E-state index in [4.69, 9.17) is 11.6 Å². The average Bonchev–Trinajstić information content (AvgIpc) is 2.23. The van der Waals surface area contributed by atoms with E-state index in [0.29, 0.717) is 13.0 Å². The van der Waals surface area contributed by atoms with Crippen molar-refractivity contribution in [3.8, 4) is 0 Å².